The van der Waals surface area contributed by atoms with Crippen LogP contribution in [0.15, 0.2) is 12.1 Å². The SMILES string of the molecule is N#CC1CN(c2ccc(Cl)nn2)CCO1. The first-order chi connectivity index (χ1) is 7.29. The highest BCUT2D eigenvalue weighted by Gasteiger charge is 2.20. The van der Waals surface area contributed by atoms with Gasteiger partial charge in [0.2, 0.25) is 0 Å². The standard InChI is InChI=1S/C9H9ClN4O/c10-8-1-2-9(13-12-8)14-3-4-15-7(5-11)6-14/h1-2,7H,3-4,6H2. The van der Waals surface area contributed by atoms with Crippen LogP contribution in [0.4, 0.5) is 5.82 Å². The first-order valence-electron chi connectivity index (χ1n) is 4.55. The Hall–Kier alpha value is -1.38. The van der Waals surface area contributed by atoms with Gasteiger partial charge in [-0.3, -0.25) is 0 Å². The molecule has 2 rings (SSSR count). The molecule has 1 atom stereocenters. The molecule has 1 fully saturated rings. The predicted octanol–water partition coefficient (Wildman–Crippen LogP) is 0.859. The van der Waals surface area contributed by atoms with Crippen molar-refractivity contribution in [3.63, 3.8) is 0 Å². The molecule has 0 amide bonds. The summed E-state index contributed by atoms with van der Waals surface area (Å²) in [4.78, 5) is 1.96. The fraction of sp³-hybridized carbons (Fsp3) is 0.444. The molecule has 1 saturated heterocycles. The third kappa shape index (κ3) is 2.35. The lowest BCUT2D eigenvalue weighted by molar-refractivity contribution is 0.0761. The first kappa shape index (κ1) is 10.1. The van der Waals surface area contributed by atoms with Gasteiger partial charge in [0.15, 0.2) is 17.1 Å². The summed E-state index contributed by atoms with van der Waals surface area (Å²) in [6.45, 7) is 1.77. The summed E-state index contributed by atoms with van der Waals surface area (Å²) in [6.07, 6.45) is -0.392. The van der Waals surface area contributed by atoms with Gasteiger partial charge in [-0.25, -0.2) is 0 Å². The van der Waals surface area contributed by atoms with E-state index in [1.165, 1.54) is 0 Å². The quantitative estimate of drug-likeness (QED) is 0.708. The summed E-state index contributed by atoms with van der Waals surface area (Å²) in [5.74, 6) is 0.725. The van der Waals surface area contributed by atoms with Crippen LogP contribution in [0.5, 0.6) is 0 Å². The zero-order valence-electron chi connectivity index (χ0n) is 7.93. The zero-order chi connectivity index (χ0) is 10.7. The molecule has 1 aliphatic heterocycles. The molecule has 0 bridgehead atoms. The number of rotatable bonds is 1. The van der Waals surface area contributed by atoms with E-state index in [-0.39, 0.29) is 0 Å². The van der Waals surface area contributed by atoms with E-state index in [4.69, 9.17) is 21.6 Å². The van der Waals surface area contributed by atoms with Crippen molar-refractivity contribution in [2.45, 2.75) is 6.10 Å². The van der Waals surface area contributed by atoms with Crippen molar-refractivity contribution in [3.8, 4) is 6.07 Å². The maximum absolute atomic E-state index is 8.74. The van der Waals surface area contributed by atoms with E-state index in [2.05, 4.69) is 16.3 Å². The molecule has 0 spiro atoms. The highest BCUT2D eigenvalue weighted by atomic mass is 35.5. The van der Waals surface area contributed by atoms with Crippen LogP contribution in [0.1, 0.15) is 0 Å². The van der Waals surface area contributed by atoms with Crippen LogP contribution < -0.4 is 4.90 Å². The molecule has 15 heavy (non-hydrogen) atoms. The van der Waals surface area contributed by atoms with Gasteiger partial charge >= 0.3 is 0 Å². The van der Waals surface area contributed by atoms with Crippen molar-refractivity contribution in [2.75, 3.05) is 24.6 Å². The van der Waals surface area contributed by atoms with Crippen LogP contribution in [0.25, 0.3) is 0 Å². The molecule has 0 aliphatic carbocycles. The molecule has 0 N–H and O–H groups in total. The molecule has 0 saturated carbocycles. The minimum Gasteiger partial charge on any atom is -0.360 e. The Balaban J connectivity index is 2.10. The van der Waals surface area contributed by atoms with E-state index in [1.54, 1.807) is 12.1 Å². The molecular formula is C9H9ClN4O. The van der Waals surface area contributed by atoms with Crippen LogP contribution in [0, 0.1) is 11.3 Å². The molecule has 1 aromatic heterocycles. The van der Waals surface area contributed by atoms with Gasteiger partial charge < -0.3 is 9.64 Å². The van der Waals surface area contributed by atoms with Crippen LogP contribution in [-0.4, -0.2) is 36.0 Å². The lowest BCUT2D eigenvalue weighted by Gasteiger charge is -2.30. The van der Waals surface area contributed by atoms with Crippen molar-refractivity contribution in [2.24, 2.45) is 0 Å². The molecule has 0 radical (unpaired) electrons. The summed E-state index contributed by atoms with van der Waals surface area (Å²) in [5, 5.41) is 16.8. The van der Waals surface area contributed by atoms with Crippen LogP contribution in [-0.2, 0) is 4.74 Å². The van der Waals surface area contributed by atoms with Crippen molar-refractivity contribution in [1.29, 1.82) is 5.26 Å². The average Bonchev–Trinajstić information content (AvgIpc) is 2.30. The van der Waals surface area contributed by atoms with E-state index in [0.29, 0.717) is 24.8 Å². The minimum absolute atomic E-state index is 0.365. The molecule has 2 heterocycles. The summed E-state index contributed by atoms with van der Waals surface area (Å²) < 4.78 is 5.23. The van der Waals surface area contributed by atoms with E-state index in [1.807, 2.05) is 4.90 Å². The van der Waals surface area contributed by atoms with Gasteiger partial charge in [-0.1, -0.05) is 11.6 Å². The number of nitriles is 1. The molecule has 78 valence electrons. The second-order valence-corrected chi connectivity index (χ2v) is 3.54. The van der Waals surface area contributed by atoms with Gasteiger partial charge in [0.1, 0.15) is 0 Å². The van der Waals surface area contributed by atoms with Crippen LogP contribution in [0.2, 0.25) is 5.15 Å². The number of nitrogens with zero attached hydrogens (tertiary/aromatic N) is 4. The molecule has 0 aromatic carbocycles. The molecule has 5 nitrogen and oxygen atoms in total. The number of aromatic nitrogens is 2. The van der Waals surface area contributed by atoms with Gasteiger partial charge in [0, 0.05) is 6.54 Å². The Bertz CT molecular complexity index is 375. The van der Waals surface area contributed by atoms with E-state index >= 15 is 0 Å². The lowest BCUT2D eigenvalue weighted by atomic mass is 10.3. The highest BCUT2D eigenvalue weighted by molar-refractivity contribution is 6.29. The Morgan fingerprint density at radius 2 is 2.40 bits per heavy atom. The monoisotopic (exact) mass is 224 g/mol. The normalized spacial score (nSPS) is 21.1. The highest BCUT2D eigenvalue weighted by Crippen LogP contribution is 2.15. The number of halogens is 1. The summed E-state index contributed by atoms with van der Waals surface area (Å²) in [7, 11) is 0. The van der Waals surface area contributed by atoms with E-state index in [9.17, 15) is 0 Å². The zero-order valence-corrected chi connectivity index (χ0v) is 8.68. The van der Waals surface area contributed by atoms with Crippen molar-refractivity contribution in [1.82, 2.24) is 10.2 Å². The molecule has 1 aliphatic rings. The minimum atomic E-state index is -0.392. The Kier molecular flexibility index (Phi) is 2.99. The fourth-order valence-corrected chi connectivity index (χ4v) is 1.51. The van der Waals surface area contributed by atoms with Crippen molar-refractivity contribution in [3.05, 3.63) is 17.3 Å². The number of anilines is 1. The largest absolute Gasteiger partial charge is 0.360 e. The maximum atomic E-state index is 8.74. The van der Waals surface area contributed by atoms with Gasteiger partial charge in [0.05, 0.1) is 19.2 Å². The van der Waals surface area contributed by atoms with Gasteiger partial charge in [0.25, 0.3) is 0 Å². The molecule has 6 heteroatoms. The second-order valence-electron chi connectivity index (χ2n) is 3.15. The van der Waals surface area contributed by atoms with Gasteiger partial charge in [-0.15, -0.1) is 10.2 Å². The third-order valence-corrected chi connectivity index (χ3v) is 2.35. The number of hydrogen-bond acceptors (Lipinski definition) is 5. The number of hydrogen-bond donors (Lipinski definition) is 0. The molecular weight excluding hydrogens is 216 g/mol. The Labute approximate surface area is 92.2 Å². The summed E-state index contributed by atoms with van der Waals surface area (Å²) in [6, 6.07) is 5.54. The first-order valence-corrected chi connectivity index (χ1v) is 4.93. The number of ether oxygens (including phenoxy) is 1. The third-order valence-electron chi connectivity index (χ3n) is 2.15. The van der Waals surface area contributed by atoms with Crippen molar-refractivity contribution < 1.29 is 4.74 Å². The topological polar surface area (TPSA) is 62.0 Å². The summed E-state index contributed by atoms with van der Waals surface area (Å²) >= 11 is 5.64. The lowest BCUT2D eigenvalue weighted by Crippen LogP contribution is -2.42. The molecule has 1 unspecified atom stereocenters. The smallest absolute Gasteiger partial charge is 0.161 e. The fourth-order valence-electron chi connectivity index (χ4n) is 1.41. The Morgan fingerprint density at radius 3 is 3.07 bits per heavy atom. The van der Waals surface area contributed by atoms with Gasteiger partial charge in [-0.2, -0.15) is 5.26 Å². The van der Waals surface area contributed by atoms with Crippen LogP contribution >= 0.6 is 11.6 Å². The van der Waals surface area contributed by atoms with Gasteiger partial charge in [-0.05, 0) is 12.1 Å². The number of morpholine rings is 1. The average molecular weight is 225 g/mol. The van der Waals surface area contributed by atoms with Crippen LogP contribution in [0.3, 0.4) is 0 Å². The maximum Gasteiger partial charge on any atom is 0.161 e. The molecule has 1 aromatic rings. The summed E-state index contributed by atoms with van der Waals surface area (Å²) in [5.41, 5.74) is 0. The van der Waals surface area contributed by atoms with E-state index in [0.717, 1.165) is 5.82 Å². The Morgan fingerprint density at radius 1 is 1.53 bits per heavy atom. The predicted molar refractivity (Wildman–Crippen MR) is 54.6 cm³/mol. The second kappa shape index (κ2) is 4.43. The van der Waals surface area contributed by atoms with Crippen molar-refractivity contribution >= 4 is 17.4 Å². The van der Waals surface area contributed by atoms with E-state index < -0.39 is 6.10 Å².